The van der Waals surface area contributed by atoms with Gasteiger partial charge >= 0.3 is 0 Å². The highest BCUT2D eigenvalue weighted by Gasteiger charge is 2.38. The van der Waals surface area contributed by atoms with Crippen LogP contribution in [0.4, 0.5) is 0 Å². The zero-order chi connectivity index (χ0) is 14.0. The van der Waals surface area contributed by atoms with Gasteiger partial charge < -0.3 is 5.73 Å². The molecule has 2 aliphatic heterocycles. The first-order valence-electron chi connectivity index (χ1n) is 7.42. The van der Waals surface area contributed by atoms with Gasteiger partial charge in [0, 0.05) is 32.2 Å². The third-order valence-corrected chi connectivity index (χ3v) is 6.33. The molecule has 3 unspecified atom stereocenters. The summed E-state index contributed by atoms with van der Waals surface area (Å²) < 4.78 is 28.9. The molecule has 2 heterocycles. The lowest BCUT2D eigenvalue weighted by molar-refractivity contribution is 0.187. The van der Waals surface area contributed by atoms with Crippen molar-refractivity contribution in [3.8, 4) is 0 Å². The molecule has 0 aliphatic carbocycles. The van der Waals surface area contributed by atoms with Gasteiger partial charge in [-0.25, -0.2) is 0 Å². The highest BCUT2D eigenvalue weighted by molar-refractivity contribution is 7.86. The van der Waals surface area contributed by atoms with E-state index in [0.717, 1.165) is 25.7 Å². The Morgan fingerprint density at radius 2 is 1.75 bits per heavy atom. The molecule has 2 saturated heterocycles. The Hall–Kier alpha value is 0.120. The minimum Gasteiger partial charge on any atom is -0.329 e. The van der Waals surface area contributed by atoms with Gasteiger partial charge in [0.25, 0.3) is 10.2 Å². The Bertz CT molecular complexity index is 394. The maximum absolute atomic E-state index is 12.8. The van der Waals surface area contributed by atoms with E-state index in [1.54, 1.807) is 8.61 Å². The fourth-order valence-corrected chi connectivity index (χ4v) is 5.57. The van der Waals surface area contributed by atoms with Crippen molar-refractivity contribution >= 4 is 22.6 Å². The van der Waals surface area contributed by atoms with Gasteiger partial charge in [-0.05, 0) is 31.1 Å². The van der Waals surface area contributed by atoms with Gasteiger partial charge in [-0.1, -0.05) is 20.3 Å². The Balaban J connectivity index is 0.00000200. The minimum atomic E-state index is -3.33. The number of hydrogen-bond donors (Lipinski definition) is 1. The molecule has 3 atom stereocenters. The molecule has 0 aromatic carbocycles. The molecule has 0 amide bonds. The van der Waals surface area contributed by atoms with Crippen molar-refractivity contribution in [2.24, 2.45) is 17.6 Å². The monoisotopic (exact) mass is 325 g/mol. The lowest BCUT2D eigenvalue weighted by Gasteiger charge is -2.41. The van der Waals surface area contributed by atoms with Gasteiger partial charge in [0.1, 0.15) is 0 Å². The van der Waals surface area contributed by atoms with Crippen molar-refractivity contribution in [3.05, 3.63) is 0 Å². The van der Waals surface area contributed by atoms with Crippen molar-refractivity contribution in [1.29, 1.82) is 0 Å². The number of piperidine rings is 2. The maximum atomic E-state index is 12.8. The van der Waals surface area contributed by atoms with E-state index in [1.807, 2.05) is 0 Å². The van der Waals surface area contributed by atoms with E-state index in [1.165, 1.54) is 0 Å². The molecular formula is C13H28ClN3O2S. The molecule has 2 aliphatic rings. The molecule has 2 fully saturated rings. The molecule has 0 spiro atoms. The zero-order valence-corrected chi connectivity index (χ0v) is 14.1. The molecule has 0 bridgehead atoms. The van der Waals surface area contributed by atoms with Gasteiger partial charge in [-0.15, -0.1) is 12.4 Å². The van der Waals surface area contributed by atoms with E-state index >= 15 is 0 Å². The summed E-state index contributed by atoms with van der Waals surface area (Å²) in [6.45, 7) is 6.63. The quantitative estimate of drug-likeness (QED) is 0.854. The first-order chi connectivity index (χ1) is 8.95. The minimum absolute atomic E-state index is 0. The van der Waals surface area contributed by atoms with Crippen molar-refractivity contribution in [3.63, 3.8) is 0 Å². The lowest BCUT2D eigenvalue weighted by atomic mass is 9.94. The normalized spacial score (nSPS) is 33.6. The first-order valence-corrected chi connectivity index (χ1v) is 8.81. The smallest absolute Gasteiger partial charge is 0.282 e. The Kier molecular flexibility index (Phi) is 6.73. The first kappa shape index (κ1) is 18.2. The number of rotatable bonds is 3. The van der Waals surface area contributed by atoms with Crippen LogP contribution in [0.3, 0.4) is 0 Å². The summed E-state index contributed by atoms with van der Waals surface area (Å²) in [7, 11) is -3.33. The van der Waals surface area contributed by atoms with Crippen LogP contribution in [0, 0.1) is 11.8 Å². The second-order valence-corrected chi connectivity index (χ2v) is 8.15. The summed E-state index contributed by atoms with van der Waals surface area (Å²) in [6, 6.07) is -0.00807. The van der Waals surface area contributed by atoms with E-state index in [4.69, 9.17) is 5.73 Å². The van der Waals surface area contributed by atoms with Gasteiger partial charge in [0.05, 0.1) is 0 Å². The number of nitrogens with zero attached hydrogens (tertiary/aromatic N) is 2. The topological polar surface area (TPSA) is 66.6 Å². The van der Waals surface area contributed by atoms with E-state index in [9.17, 15) is 8.42 Å². The highest BCUT2D eigenvalue weighted by Crippen LogP contribution is 2.28. The average molecular weight is 326 g/mol. The van der Waals surface area contributed by atoms with E-state index < -0.39 is 10.2 Å². The molecule has 5 nitrogen and oxygen atoms in total. The zero-order valence-electron chi connectivity index (χ0n) is 12.5. The van der Waals surface area contributed by atoms with Gasteiger partial charge in [0.2, 0.25) is 0 Å². The molecule has 120 valence electrons. The second kappa shape index (κ2) is 7.40. The fraction of sp³-hybridized carbons (Fsp3) is 1.00. The second-order valence-electron chi connectivity index (χ2n) is 6.27. The van der Waals surface area contributed by atoms with Crippen LogP contribution < -0.4 is 5.73 Å². The molecule has 0 aromatic heterocycles. The van der Waals surface area contributed by atoms with Crippen LogP contribution in [-0.2, 0) is 10.2 Å². The van der Waals surface area contributed by atoms with Crippen molar-refractivity contribution in [1.82, 2.24) is 8.61 Å². The van der Waals surface area contributed by atoms with Crippen LogP contribution in [0.15, 0.2) is 0 Å². The maximum Gasteiger partial charge on any atom is 0.282 e. The van der Waals surface area contributed by atoms with Crippen LogP contribution in [0.2, 0.25) is 0 Å². The van der Waals surface area contributed by atoms with Crippen molar-refractivity contribution in [2.45, 2.75) is 45.6 Å². The van der Waals surface area contributed by atoms with Crippen LogP contribution in [0.25, 0.3) is 0 Å². The molecule has 20 heavy (non-hydrogen) atoms. The predicted molar refractivity (Wildman–Crippen MR) is 84.1 cm³/mol. The van der Waals surface area contributed by atoms with Gasteiger partial charge in [0.15, 0.2) is 0 Å². The Morgan fingerprint density at radius 1 is 1.15 bits per heavy atom. The van der Waals surface area contributed by atoms with Crippen molar-refractivity contribution in [2.75, 3.05) is 26.2 Å². The van der Waals surface area contributed by atoms with Gasteiger partial charge in [-0.2, -0.15) is 17.0 Å². The van der Waals surface area contributed by atoms with E-state index in [2.05, 4.69) is 13.8 Å². The van der Waals surface area contributed by atoms with E-state index in [0.29, 0.717) is 38.0 Å². The third-order valence-electron chi connectivity index (χ3n) is 4.30. The molecule has 2 rings (SSSR count). The molecule has 0 aromatic rings. The fourth-order valence-electron chi connectivity index (χ4n) is 3.46. The van der Waals surface area contributed by atoms with Crippen LogP contribution in [0.5, 0.6) is 0 Å². The summed E-state index contributed by atoms with van der Waals surface area (Å²) >= 11 is 0. The predicted octanol–water partition coefficient (Wildman–Crippen LogP) is 1.44. The number of nitrogens with two attached hydrogens (primary N) is 1. The average Bonchev–Trinajstić information content (AvgIpc) is 2.37. The molecule has 0 radical (unpaired) electrons. The third kappa shape index (κ3) is 3.85. The summed E-state index contributed by atoms with van der Waals surface area (Å²) in [6.07, 6.45) is 4.05. The van der Waals surface area contributed by atoms with E-state index in [-0.39, 0.29) is 18.4 Å². The largest absolute Gasteiger partial charge is 0.329 e. The van der Waals surface area contributed by atoms with Crippen molar-refractivity contribution < 1.29 is 8.42 Å². The molecule has 2 N–H and O–H groups in total. The molecule has 0 saturated carbocycles. The Morgan fingerprint density at radius 3 is 2.30 bits per heavy atom. The lowest BCUT2D eigenvalue weighted by Crippen LogP contribution is -2.55. The standard InChI is InChI=1S/C13H27N3O2S.ClH/c1-11-7-12(2)10-15(9-11)19(17,18)16-6-4-3-5-13(16)8-14;/h11-13H,3-10,14H2,1-2H3;1H. The summed E-state index contributed by atoms with van der Waals surface area (Å²) in [5.41, 5.74) is 5.75. The molecular weight excluding hydrogens is 298 g/mol. The summed E-state index contributed by atoms with van der Waals surface area (Å²) in [5.74, 6) is 0.888. The Labute approximate surface area is 129 Å². The van der Waals surface area contributed by atoms with Gasteiger partial charge in [-0.3, -0.25) is 0 Å². The summed E-state index contributed by atoms with van der Waals surface area (Å²) in [5, 5.41) is 0. The molecule has 7 heteroatoms. The van der Waals surface area contributed by atoms with Crippen LogP contribution in [-0.4, -0.2) is 49.2 Å². The highest BCUT2D eigenvalue weighted by atomic mass is 35.5. The summed E-state index contributed by atoms with van der Waals surface area (Å²) in [4.78, 5) is 0. The van der Waals surface area contributed by atoms with Crippen LogP contribution >= 0.6 is 12.4 Å². The number of halogens is 1. The number of hydrogen-bond acceptors (Lipinski definition) is 3. The SMILES string of the molecule is CC1CC(C)CN(S(=O)(=O)N2CCCCC2CN)C1.Cl. The van der Waals surface area contributed by atoms with Crippen LogP contribution in [0.1, 0.15) is 39.5 Å².